The third-order valence-corrected chi connectivity index (χ3v) is 3.27. The SMILES string of the molecule is Cc1nnc(NC2(CCl)CC2)s1. The highest BCUT2D eigenvalue weighted by atomic mass is 35.5. The lowest BCUT2D eigenvalue weighted by molar-refractivity contribution is 0.829. The van der Waals surface area contributed by atoms with Gasteiger partial charge in [0.05, 0.1) is 5.54 Å². The van der Waals surface area contributed by atoms with Gasteiger partial charge in [0.25, 0.3) is 0 Å². The highest BCUT2D eigenvalue weighted by molar-refractivity contribution is 7.15. The van der Waals surface area contributed by atoms with Gasteiger partial charge in [-0.2, -0.15) is 0 Å². The first kappa shape index (κ1) is 8.26. The smallest absolute Gasteiger partial charge is 0.206 e. The zero-order valence-corrected chi connectivity index (χ0v) is 8.37. The maximum atomic E-state index is 5.81. The van der Waals surface area contributed by atoms with Crippen LogP contribution in [0.4, 0.5) is 5.13 Å². The molecule has 0 amide bonds. The number of nitrogens with one attached hydrogen (secondary N) is 1. The Balaban J connectivity index is 2.04. The minimum Gasteiger partial charge on any atom is -0.353 e. The molecule has 0 saturated heterocycles. The predicted octanol–water partition coefficient (Wildman–Crippen LogP) is 2.03. The molecule has 0 bridgehead atoms. The zero-order valence-electron chi connectivity index (χ0n) is 6.80. The van der Waals surface area contributed by atoms with E-state index in [4.69, 9.17) is 11.6 Å². The average Bonchev–Trinajstić information content (AvgIpc) is 2.71. The number of nitrogens with zero attached hydrogens (tertiary/aromatic N) is 2. The van der Waals surface area contributed by atoms with Crippen molar-refractivity contribution in [3.8, 4) is 0 Å². The van der Waals surface area contributed by atoms with Crippen LogP contribution in [-0.4, -0.2) is 21.6 Å². The standard InChI is InChI=1S/C7H10ClN3S/c1-5-10-11-6(12-5)9-7(4-8)2-3-7/h2-4H2,1H3,(H,9,11). The number of aryl methyl sites for hydroxylation is 1. The summed E-state index contributed by atoms with van der Waals surface area (Å²) in [6.45, 7) is 1.95. The Labute approximate surface area is 80.2 Å². The molecule has 0 radical (unpaired) electrons. The Morgan fingerprint density at radius 2 is 2.33 bits per heavy atom. The molecule has 1 aromatic heterocycles. The van der Waals surface area contributed by atoms with Gasteiger partial charge in [0, 0.05) is 5.88 Å². The largest absolute Gasteiger partial charge is 0.353 e. The topological polar surface area (TPSA) is 37.8 Å². The average molecular weight is 204 g/mol. The molecule has 1 aliphatic rings. The van der Waals surface area contributed by atoms with Crippen molar-refractivity contribution in [1.82, 2.24) is 10.2 Å². The summed E-state index contributed by atoms with van der Waals surface area (Å²) in [4.78, 5) is 0. The van der Waals surface area contributed by atoms with Crippen LogP contribution in [0.25, 0.3) is 0 Å². The fraction of sp³-hybridized carbons (Fsp3) is 0.714. The van der Waals surface area contributed by atoms with Crippen LogP contribution in [0.2, 0.25) is 0 Å². The van der Waals surface area contributed by atoms with Crippen LogP contribution < -0.4 is 5.32 Å². The fourth-order valence-corrected chi connectivity index (χ4v) is 2.06. The van der Waals surface area contributed by atoms with E-state index in [9.17, 15) is 0 Å². The Morgan fingerprint density at radius 1 is 1.58 bits per heavy atom. The van der Waals surface area contributed by atoms with Gasteiger partial charge in [-0.3, -0.25) is 0 Å². The molecule has 1 heterocycles. The maximum Gasteiger partial charge on any atom is 0.206 e. The minimum atomic E-state index is 0.132. The maximum absolute atomic E-state index is 5.81. The Bertz CT molecular complexity index is 282. The van der Waals surface area contributed by atoms with Crippen molar-refractivity contribution in [2.45, 2.75) is 25.3 Å². The van der Waals surface area contributed by atoms with E-state index in [-0.39, 0.29) is 5.54 Å². The summed E-state index contributed by atoms with van der Waals surface area (Å²) in [5.74, 6) is 0.658. The second-order valence-electron chi connectivity index (χ2n) is 3.17. The van der Waals surface area contributed by atoms with Crippen LogP contribution in [0.15, 0.2) is 0 Å². The molecule has 0 atom stereocenters. The highest BCUT2D eigenvalue weighted by Crippen LogP contribution is 2.40. The molecule has 1 fully saturated rings. The summed E-state index contributed by atoms with van der Waals surface area (Å²) >= 11 is 7.38. The first-order valence-corrected chi connectivity index (χ1v) is 5.23. The van der Waals surface area contributed by atoms with E-state index < -0.39 is 0 Å². The highest BCUT2D eigenvalue weighted by Gasteiger charge is 2.42. The molecule has 0 spiro atoms. The number of alkyl halides is 1. The normalized spacial score (nSPS) is 19.2. The van der Waals surface area contributed by atoms with E-state index in [2.05, 4.69) is 15.5 Å². The van der Waals surface area contributed by atoms with Gasteiger partial charge in [-0.1, -0.05) is 11.3 Å². The van der Waals surface area contributed by atoms with Crippen molar-refractivity contribution in [1.29, 1.82) is 0 Å². The summed E-state index contributed by atoms with van der Waals surface area (Å²) in [6, 6.07) is 0. The number of hydrogen-bond acceptors (Lipinski definition) is 4. The fourth-order valence-electron chi connectivity index (χ4n) is 1.02. The molecule has 1 aliphatic carbocycles. The third kappa shape index (κ3) is 1.54. The van der Waals surface area contributed by atoms with Gasteiger partial charge in [-0.25, -0.2) is 0 Å². The monoisotopic (exact) mass is 203 g/mol. The molecular formula is C7H10ClN3S. The van der Waals surface area contributed by atoms with Crippen molar-refractivity contribution in [2.24, 2.45) is 0 Å². The Hall–Kier alpha value is -0.350. The molecular weight excluding hydrogens is 194 g/mol. The molecule has 12 heavy (non-hydrogen) atoms. The van der Waals surface area contributed by atoms with Crippen LogP contribution in [0, 0.1) is 6.92 Å². The number of halogens is 1. The van der Waals surface area contributed by atoms with Gasteiger partial charge in [-0.05, 0) is 19.8 Å². The molecule has 1 aromatic rings. The van der Waals surface area contributed by atoms with Crippen LogP contribution in [0.5, 0.6) is 0 Å². The lowest BCUT2D eigenvalue weighted by Crippen LogP contribution is -2.22. The van der Waals surface area contributed by atoms with Crippen molar-refractivity contribution in [2.75, 3.05) is 11.2 Å². The molecule has 0 aromatic carbocycles. The third-order valence-electron chi connectivity index (χ3n) is 2.01. The van der Waals surface area contributed by atoms with Crippen molar-refractivity contribution in [3.63, 3.8) is 0 Å². The molecule has 1 N–H and O–H groups in total. The van der Waals surface area contributed by atoms with E-state index >= 15 is 0 Å². The first-order chi connectivity index (χ1) is 5.74. The molecule has 3 nitrogen and oxygen atoms in total. The summed E-state index contributed by atoms with van der Waals surface area (Å²) in [6.07, 6.45) is 2.30. The lowest BCUT2D eigenvalue weighted by atomic mass is 10.3. The van der Waals surface area contributed by atoms with Crippen LogP contribution in [0.3, 0.4) is 0 Å². The molecule has 5 heteroatoms. The molecule has 1 saturated carbocycles. The van der Waals surface area contributed by atoms with Crippen molar-refractivity contribution in [3.05, 3.63) is 5.01 Å². The van der Waals surface area contributed by atoms with E-state index in [1.807, 2.05) is 6.92 Å². The first-order valence-electron chi connectivity index (χ1n) is 3.88. The summed E-state index contributed by atoms with van der Waals surface area (Å²) in [7, 11) is 0. The minimum absolute atomic E-state index is 0.132. The second-order valence-corrected chi connectivity index (χ2v) is 4.61. The Kier molecular flexibility index (Phi) is 1.96. The van der Waals surface area contributed by atoms with Gasteiger partial charge in [0.15, 0.2) is 0 Å². The second kappa shape index (κ2) is 2.85. The molecule has 0 unspecified atom stereocenters. The van der Waals surface area contributed by atoms with Crippen LogP contribution in [-0.2, 0) is 0 Å². The van der Waals surface area contributed by atoms with Crippen molar-refractivity contribution >= 4 is 28.1 Å². The van der Waals surface area contributed by atoms with Crippen LogP contribution >= 0.6 is 22.9 Å². The van der Waals surface area contributed by atoms with E-state index in [0.29, 0.717) is 5.88 Å². The van der Waals surface area contributed by atoms with Gasteiger partial charge < -0.3 is 5.32 Å². The number of anilines is 1. The van der Waals surface area contributed by atoms with Gasteiger partial charge in [0.1, 0.15) is 5.01 Å². The van der Waals surface area contributed by atoms with Crippen molar-refractivity contribution < 1.29 is 0 Å². The van der Waals surface area contributed by atoms with E-state index in [1.54, 1.807) is 11.3 Å². The molecule has 0 aliphatic heterocycles. The van der Waals surface area contributed by atoms with Gasteiger partial charge in [0.2, 0.25) is 5.13 Å². The predicted molar refractivity (Wildman–Crippen MR) is 51.0 cm³/mol. The van der Waals surface area contributed by atoms with E-state index in [1.165, 1.54) is 0 Å². The molecule has 2 rings (SSSR count). The summed E-state index contributed by atoms with van der Waals surface area (Å²) < 4.78 is 0. The van der Waals surface area contributed by atoms with E-state index in [0.717, 1.165) is 23.0 Å². The zero-order chi connectivity index (χ0) is 8.60. The number of hydrogen-bond donors (Lipinski definition) is 1. The van der Waals surface area contributed by atoms with Gasteiger partial charge >= 0.3 is 0 Å². The summed E-state index contributed by atoms with van der Waals surface area (Å²) in [5.41, 5.74) is 0.132. The quantitative estimate of drug-likeness (QED) is 0.764. The summed E-state index contributed by atoms with van der Waals surface area (Å²) in [5, 5.41) is 13.1. The lowest BCUT2D eigenvalue weighted by Gasteiger charge is -2.10. The number of rotatable bonds is 3. The van der Waals surface area contributed by atoms with Crippen LogP contribution in [0.1, 0.15) is 17.8 Å². The Morgan fingerprint density at radius 3 is 2.75 bits per heavy atom. The molecule has 66 valence electrons. The number of aromatic nitrogens is 2. The van der Waals surface area contributed by atoms with Gasteiger partial charge in [-0.15, -0.1) is 21.8 Å².